The molecule has 2 atom stereocenters. The highest BCUT2D eigenvalue weighted by Gasteiger charge is 2.53. The van der Waals surface area contributed by atoms with Crippen LogP contribution in [0.2, 0.25) is 0 Å². The monoisotopic (exact) mass is 211 g/mol. The van der Waals surface area contributed by atoms with Gasteiger partial charge < -0.3 is 10.6 Å². The lowest BCUT2D eigenvalue weighted by Gasteiger charge is -2.39. The first-order valence-electron chi connectivity index (χ1n) is 5.45. The van der Waals surface area contributed by atoms with E-state index in [4.69, 9.17) is 5.73 Å². The van der Waals surface area contributed by atoms with Gasteiger partial charge in [0.05, 0.1) is 12.1 Å². The van der Waals surface area contributed by atoms with E-state index in [2.05, 4.69) is 28.6 Å². The van der Waals surface area contributed by atoms with Gasteiger partial charge in [-0.05, 0) is 25.0 Å². The van der Waals surface area contributed by atoms with Crippen LogP contribution in [-0.2, 0) is 0 Å². The van der Waals surface area contributed by atoms with E-state index in [1.165, 1.54) is 25.0 Å². The number of aliphatic imine (C=N–C) groups is 1. The molecule has 78 valence electrons. The number of thioether (sulfide) groups is 1. The van der Waals surface area contributed by atoms with Crippen molar-refractivity contribution in [1.29, 1.82) is 0 Å². The predicted molar refractivity (Wildman–Crippen MR) is 60.6 cm³/mol. The summed E-state index contributed by atoms with van der Waals surface area (Å²) in [6.45, 7) is 3.27. The Morgan fingerprint density at radius 3 is 2.93 bits per heavy atom. The van der Waals surface area contributed by atoms with Gasteiger partial charge in [-0.1, -0.05) is 6.92 Å². The lowest BCUT2D eigenvalue weighted by molar-refractivity contribution is 0.195. The van der Waals surface area contributed by atoms with Gasteiger partial charge in [-0.2, -0.15) is 11.8 Å². The molecule has 2 N–H and O–H groups in total. The van der Waals surface area contributed by atoms with Crippen molar-refractivity contribution >= 4 is 17.7 Å². The van der Waals surface area contributed by atoms with Crippen LogP contribution in [0.3, 0.4) is 0 Å². The van der Waals surface area contributed by atoms with Gasteiger partial charge in [0.15, 0.2) is 5.96 Å². The second-order valence-electron chi connectivity index (χ2n) is 4.64. The van der Waals surface area contributed by atoms with Crippen LogP contribution in [0.1, 0.15) is 26.2 Å². The Labute approximate surface area is 89.1 Å². The summed E-state index contributed by atoms with van der Waals surface area (Å²) < 4.78 is 0. The Balaban J connectivity index is 1.92. The highest BCUT2D eigenvalue weighted by molar-refractivity contribution is 8.00. The quantitative estimate of drug-likeness (QED) is 0.704. The molecule has 3 nitrogen and oxygen atoms in total. The van der Waals surface area contributed by atoms with Crippen molar-refractivity contribution in [2.75, 3.05) is 12.3 Å². The molecule has 3 aliphatic rings. The van der Waals surface area contributed by atoms with Crippen molar-refractivity contribution < 1.29 is 0 Å². The summed E-state index contributed by atoms with van der Waals surface area (Å²) in [5, 5.41) is 0.688. The molecule has 2 unspecified atom stereocenters. The number of nitrogens with two attached hydrogens (primary N) is 1. The van der Waals surface area contributed by atoms with Crippen LogP contribution in [0.25, 0.3) is 0 Å². The summed E-state index contributed by atoms with van der Waals surface area (Å²) in [7, 11) is 0. The van der Waals surface area contributed by atoms with E-state index in [-0.39, 0.29) is 5.54 Å². The smallest absolute Gasteiger partial charge is 0.192 e. The van der Waals surface area contributed by atoms with Crippen LogP contribution < -0.4 is 5.73 Å². The van der Waals surface area contributed by atoms with Crippen molar-refractivity contribution in [3.63, 3.8) is 0 Å². The molecule has 1 saturated carbocycles. The first-order valence-corrected chi connectivity index (χ1v) is 6.50. The van der Waals surface area contributed by atoms with Gasteiger partial charge in [0.1, 0.15) is 0 Å². The normalized spacial score (nSPS) is 42.2. The first-order chi connectivity index (χ1) is 6.74. The minimum atomic E-state index is 0.288. The summed E-state index contributed by atoms with van der Waals surface area (Å²) in [5.74, 6) is 2.08. The fourth-order valence-electron chi connectivity index (χ4n) is 2.78. The fourth-order valence-corrected chi connectivity index (χ4v) is 4.22. The summed E-state index contributed by atoms with van der Waals surface area (Å²) in [4.78, 5) is 6.91. The molecule has 2 aliphatic heterocycles. The van der Waals surface area contributed by atoms with Gasteiger partial charge >= 0.3 is 0 Å². The maximum atomic E-state index is 6.00. The van der Waals surface area contributed by atoms with E-state index < -0.39 is 0 Å². The van der Waals surface area contributed by atoms with Gasteiger partial charge in [-0.25, -0.2) is 0 Å². The molecule has 0 radical (unpaired) electrons. The molecular weight excluding hydrogens is 194 g/mol. The minimum absolute atomic E-state index is 0.288. The molecule has 0 amide bonds. The highest BCUT2D eigenvalue weighted by atomic mass is 32.2. The summed E-state index contributed by atoms with van der Waals surface area (Å²) in [6, 6.07) is 0.711. The van der Waals surface area contributed by atoms with E-state index in [0.717, 1.165) is 12.5 Å². The summed E-state index contributed by atoms with van der Waals surface area (Å²) >= 11 is 2.07. The molecule has 0 aromatic heterocycles. The zero-order valence-electron chi connectivity index (χ0n) is 8.57. The highest BCUT2D eigenvalue weighted by Crippen LogP contribution is 2.47. The van der Waals surface area contributed by atoms with Crippen molar-refractivity contribution in [2.45, 2.75) is 43.0 Å². The van der Waals surface area contributed by atoms with Gasteiger partial charge in [-0.3, -0.25) is 4.99 Å². The number of hydrogen-bond donors (Lipinski definition) is 1. The number of hydrogen-bond acceptors (Lipinski definition) is 4. The van der Waals surface area contributed by atoms with Crippen LogP contribution >= 0.6 is 11.8 Å². The Morgan fingerprint density at radius 1 is 1.57 bits per heavy atom. The van der Waals surface area contributed by atoms with Crippen LogP contribution in [0.4, 0.5) is 0 Å². The maximum absolute atomic E-state index is 6.00. The second kappa shape index (κ2) is 2.81. The SMILES string of the molecule is CC1SCCC12CN=C(N)N2C1CC1. The first kappa shape index (κ1) is 8.89. The van der Waals surface area contributed by atoms with Crippen molar-refractivity contribution in [2.24, 2.45) is 10.7 Å². The van der Waals surface area contributed by atoms with Crippen molar-refractivity contribution in [3.8, 4) is 0 Å². The molecule has 2 heterocycles. The Bertz CT molecular complexity index is 287. The molecule has 1 aliphatic carbocycles. The third-order valence-corrected chi connectivity index (χ3v) is 5.19. The van der Waals surface area contributed by atoms with E-state index in [1.54, 1.807) is 0 Å². The Kier molecular flexibility index (Phi) is 1.79. The lowest BCUT2D eigenvalue weighted by Crippen LogP contribution is -2.55. The average molecular weight is 211 g/mol. The number of guanidine groups is 1. The van der Waals surface area contributed by atoms with Crippen molar-refractivity contribution in [3.05, 3.63) is 0 Å². The van der Waals surface area contributed by atoms with E-state index in [0.29, 0.717) is 11.3 Å². The van der Waals surface area contributed by atoms with Gasteiger partial charge in [0.2, 0.25) is 0 Å². The second-order valence-corrected chi connectivity index (χ2v) is 6.09. The molecule has 0 aromatic carbocycles. The van der Waals surface area contributed by atoms with Crippen LogP contribution in [0.15, 0.2) is 4.99 Å². The number of rotatable bonds is 1. The summed E-state index contributed by atoms with van der Waals surface area (Å²) in [5.41, 5.74) is 6.29. The van der Waals surface area contributed by atoms with E-state index in [9.17, 15) is 0 Å². The molecule has 0 bridgehead atoms. The zero-order valence-corrected chi connectivity index (χ0v) is 9.39. The molecule has 0 aromatic rings. The third kappa shape index (κ3) is 1.03. The molecule has 1 saturated heterocycles. The third-order valence-electron chi connectivity index (χ3n) is 3.81. The molecule has 14 heavy (non-hydrogen) atoms. The Morgan fingerprint density at radius 2 is 2.36 bits per heavy atom. The van der Waals surface area contributed by atoms with Crippen LogP contribution in [0.5, 0.6) is 0 Å². The molecule has 3 rings (SSSR count). The molecule has 2 fully saturated rings. The molecule has 4 heteroatoms. The van der Waals surface area contributed by atoms with Gasteiger partial charge in [0, 0.05) is 11.3 Å². The molecule has 1 spiro atoms. The Hall–Kier alpha value is -0.380. The minimum Gasteiger partial charge on any atom is -0.370 e. The van der Waals surface area contributed by atoms with E-state index >= 15 is 0 Å². The van der Waals surface area contributed by atoms with Gasteiger partial charge in [-0.15, -0.1) is 0 Å². The largest absolute Gasteiger partial charge is 0.370 e. The predicted octanol–water partition coefficient (Wildman–Crippen LogP) is 1.04. The zero-order chi connectivity index (χ0) is 9.76. The van der Waals surface area contributed by atoms with Crippen LogP contribution in [-0.4, -0.2) is 40.0 Å². The number of nitrogens with zero attached hydrogens (tertiary/aromatic N) is 2. The maximum Gasteiger partial charge on any atom is 0.192 e. The standard InChI is InChI=1S/C10H17N3S/c1-7-10(4-5-14-7)6-12-9(11)13(10)8-2-3-8/h7-8H,2-6H2,1H3,(H2,11,12). The van der Waals surface area contributed by atoms with Gasteiger partial charge in [0.25, 0.3) is 0 Å². The van der Waals surface area contributed by atoms with Crippen molar-refractivity contribution in [1.82, 2.24) is 4.90 Å². The molecular formula is C10H17N3S. The topological polar surface area (TPSA) is 41.6 Å². The lowest BCUT2D eigenvalue weighted by atomic mass is 9.91. The average Bonchev–Trinajstić information content (AvgIpc) is 2.85. The van der Waals surface area contributed by atoms with Crippen LogP contribution in [0, 0.1) is 0 Å². The van der Waals surface area contributed by atoms with E-state index in [1.807, 2.05) is 0 Å². The fraction of sp³-hybridized carbons (Fsp3) is 0.900. The summed E-state index contributed by atoms with van der Waals surface area (Å²) in [6.07, 6.45) is 3.89.